The molecule has 0 spiro atoms. The second-order valence-electron chi connectivity index (χ2n) is 3.94. The van der Waals surface area contributed by atoms with E-state index >= 15 is 0 Å². The van der Waals surface area contributed by atoms with Crippen LogP contribution in [0, 0.1) is 11.7 Å². The highest BCUT2D eigenvalue weighted by Gasteiger charge is 2.21. The standard InChI is InChI=1S/C12H15FS/c1-14-12-7-6-11(13)8-10(12)5-4-9-2-3-9/h6-9H,2-5H2,1H3. The molecule has 1 aromatic rings. The number of aryl methyl sites for hydroxylation is 1. The second kappa shape index (κ2) is 4.35. The first kappa shape index (κ1) is 10.0. The molecule has 0 bridgehead atoms. The first-order valence-electron chi connectivity index (χ1n) is 5.12. The fraction of sp³-hybridized carbons (Fsp3) is 0.500. The summed E-state index contributed by atoms with van der Waals surface area (Å²) in [5.74, 6) is 0.821. The molecule has 0 unspecified atom stereocenters. The number of hydrogen-bond acceptors (Lipinski definition) is 1. The molecule has 1 saturated carbocycles. The summed E-state index contributed by atoms with van der Waals surface area (Å²) in [5.41, 5.74) is 1.18. The van der Waals surface area contributed by atoms with Crippen LogP contribution in [0.4, 0.5) is 4.39 Å². The minimum atomic E-state index is -0.103. The van der Waals surface area contributed by atoms with E-state index in [0.717, 1.165) is 12.3 Å². The zero-order valence-electron chi connectivity index (χ0n) is 8.42. The van der Waals surface area contributed by atoms with Gasteiger partial charge in [0.1, 0.15) is 5.82 Å². The molecular weight excluding hydrogens is 195 g/mol. The molecule has 0 amide bonds. The highest BCUT2D eigenvalue weighted by atomic mass is 32.2. The van der Waals surface area contributed by atoms with Crippen molar-refractivity contribution in [1.29, 1.82) is 0 Å². The van der Waals surface area contributed by atoms with Crippen LogP contribution in [0.3, 0.4) is 0 Å². The zero-order chi connectivity index (χ0) is 9.97. The summed E-state index contributed by atoms with van der Waals surface area (Å²) in [6.45, 7) is 0. The van der Waals surface area contributed by atoms with E-state index in [-0.39, 0.29) is 5.82 Å². The molecule has 0 aromatic heterocycles. The Labute approximate surface area is 88.9 Å². The van der Waals surface area contributed by atoms with E-state index < -0.39 is 0 Å². The van der Waals surface area contributed by atoms with Gasteiger partial charge in [-0.3, -0.25) is 0 Å². The fourth-order valence-corrected chi connectivity index (χ4v) is 2.34. The second-order valence-corrected chi connectivity index (χ2v) is 4.79. The van der Waals surface area contributed by atoms with E-state index in [9.17, 15) is 4.39 Å². The number of halogens is 1. The lowest BCUT2D eigenvalue weighted by atomic mass is 10.1. The molecule has 1 fully saturated rings. The molecule has 1 aliphatic carbocycles. The van der Waals surface area contributed by atoms with Gasteiger partial charge in [-0.1, -0.05) is 12.8 Å². The Morgan fingerprint density at radius 2 is 2.21 bits per heavy atom. The lowest BCUT2D eigenvalue weighted by molar-refractivity contribution is 0.620. The summed E-state index contributed by atoms with van der Waals surface area (Å²) in [4.78, 5) is 1.23. The van der Waals surface area contributed by atoms with Crippen LogP contribution in [0.2, 0.25) is 0 Å². The maximum Gasteiger partial charge on any atom is 0.123 e. The van der Waals surface area contributed by atoms with Crippen molar-refractivity contribution in [2.45, 2.75) is 30.6 Å². The van der Waals surface area contributed by atoms with E-state index in [1.807, 2.05) is 12.3 Å². The zero-order valence-corrected chi connectivity index (χ0v) is 9.24. The number of hydrogen-bond donors (Lipinski definition) is 0. The molecule has 0 radical (unpaired) electrons. The Bertz CT molecular complexity index is 318. The van der Waals surface area contributed by atoms with E-state index in [1.165, 1.54) is 29.7 Å². The number of benzene rings is 1. The van der Waals surface area contributed by atoms with Crippen LogP contribution < -0.4 is 0 Å². The monoisotopic (exact) mass is 210 g/mol. The van der Waals surface area contributed by atoms with E-state index in [1.54, 1.807) is 23.9 Å². The molecule has 2 rings (SSSR count). The summed E-state index contributed by atoms with van der Waals surface area (Å²) >= 11 is 1.71. The topological polar surface area (TPSA) is 0 Å². The van der Waals surface area contributed by atoms with Gasteiger partial charge in [0.25, 0.3) is 0 Å². The van der Waals surface area contributed by atoms with Crippen LogP contribution in [0.1, 0.15) is 24.8 Å². The minimum absolute atomic E-state index is 0.103. The van der Waals surface area contributed by atoms with Crippen LogP contribution in [-0.4, -0.2) is 6.26 Å². The quantitative estimate of drug-likeness (QED) is 0.679. The average Bonchev–Trinajstić information content (AvgIpc) is 2.98. The smallest absolute Gasteiger partial charge is 0.123 e. The normalized spacial score (nSPS) is 15.9. The maximum atomic E-state index is 13.0. The summed E-state index contributed by atoms with van der Waals surface area (Å²) in [6.07, 6.45) is 7.08. The van der Waals surface area contributed by atoms with E-state index in [0.29, 0.717) is 0 Å². The lowest BCUT2D eigenvalue weighted by Crippen LogP contribution is -1.91. The number of rotatable bonds is 4. The molecule has 1 aliphatic rings. The van der Waals surface area contributed by atoms with E-state index in [4.69, 9.17) is 0 Å². The Balaban J connectivity index is 2.07. The van der Waals surface area contributed by atoms with Gasteiger partial charge in [-0.2, -0.15) is 0 Å². The van der Waals surface area contributed by atoms with Crippen LogP contribution in [0.5, 0.6) is 0 Å². The van der Waals surface area contributed by atoms with Gasteiger partial charge < -0.3 is 0 Å². The molecule has 0 nitrogen and oxygen atoms in total. The highest BCUT2D eigenvalue weighted by Crippen LogP contribution is 2.34. The molecule has 14 heavy (non-hydrogen) atoms. The van der Waals surface area contributed by atoms with Crippen molar-refractivity contribution >= 4 is 11.8 Å². The summed E-state index contributed by atoms with van der Waals surface area (Å²) in [6, 6.07) is 5.13. The van der Waals surface area contributed by atoms with Gasteiger partial charge in [0.05, 0.1) is 0 Å². The van der Waals surface area contributed by atoms with Crippen LogP contribution in [0.15, 0.2) is 23.1 Å². The Hall–Kier alpha value is -0.500. The van der Waals surface area contributed by atoms with Crippen molar-refractivity contribution < 1.29 is 4.39 Å². The average molecular weight is 210 g/mol. The molecule has 76 valence electrons. The van der Waals surface area contributed by atoms with Crippen LogP contribution >= 0.6 is 11.8 Å². The van der Waals surface area contributed by atoms with Gasteiger partial charge in [0, 0.05) is 4.90 Å². The van der Waals surface area contributed by atoms with Crippen molar-refractivity contribution in [2.75, 3.05) is 6.26 Å². The highest BCUT2D eigenvalue weighted by molar-refractivity contribution is 7.98. The molecule has 0 atom stereocenters. The van der Waals surface area contributed by atoms with Crippen LogP contribution in [0.25, 0.3) is 0 Å². The SMILES string of the molecule is CSc1ccc(F)cc1CCC1CC1. The first-order valence-corrected chi connectivity index (χ1v) is 6.34. The first-order chi connectivity index (χ1) is 6.79. The summed E-state index contributed by atoms with van der Waals surface area (Å²) < 4.78 is 13.0. The molecule has 1 aromatic carbocycles. The van der Waals surface area contributed by atoms with Crippen molar-refractivity contribution in [2.24, 2.45) is 5.92 Å². The van der Waals surface area contributed by atoms with Gasteiger partial charge >= 0.3 is 0 Å². The third-order valence-electron chi connectivity index (χ3n) is 2.76. The maximum absolute atomic E-state index is 13.0. The molecule has 0 N–H and O–H groups in total. The Morgan fingerprint density at radius 1 is 1.43 bits per heavy atom. The Kier molecular flexibility index (Phi) is 3.12. The molecule has 0 saturated heterocycles. The molecule has 2 heteroatoms. The largest absolute Gasteiger partial charge is 0.207 e. The Morgan fingerprint density at radius 3 is 2.86 bits per heavy atom. The predicted molar refractivity (Wildman–Crippen MR) is 59.2 cm³/mol. The number of thioether (sulfide) groups is 1. The van der Waals surface area contributed by atoms with Gasteiger partial charge in [-0.05, 0) is 48.8 Å². The van der Waals surface area contributed by atoms with Crippen molar-refractivity contribution in [1.82, 2.24) is 0 Å². The molecular formula is C12H15FS. The summed E-state index contributed by atoms with van der Waals surface area (Å²) in [7, 11) is 0. The van der Waals surface area contributed by atoms with Gasteiger partial charge in [0.15, 0.2) is 0 Å². The molecule has 0 aliphatic heterocycles. The summed E-state index contributed by atoms with van der Waals surface area (Å²) in [5, 5.41) is 0. The molecule has 0 heterocycles. The van der Waals surface area contributed by atoms with Gasteiger partial charge in [-0.15, -0.1) is 11.8 Å². The van der Waals surface area contributed by atoms with Gasteiger partial charge in [-0.25, -0.2) is 4.39 Å². The predicted octanol–water partition coefficient (Wildman–Crippen LogP) is 3.89. The third-order valence-corrected chi connectivity index (χ3v) is 3.60. The van der Waals surface area contributed by atoms with E-state index in [2.05, 4.69) is 0 Å². The lowest BCUT2D eigenvalue weighted by Gasteiger charge is -2.06. The van der Waals surface area contributed by atoms with Gasteiger partial charge in [0.2, 0.25) is 0 Å². The van der Waals surface area contributed by atoms with Crippen molar-refractivity contribution in [3.63, 3.8) is 0 Å². The minimum Gasteiger partial charge on any atom is -0.207 e. The van der Waals surface area contributed by atoms with Crippen molar-refractivity contribution in [3.05, 3.63) is 29.6 Å². The van der Waals surface area contributed by atoms with Crippen molar-refractivity contribution in [3.8, 4) is 0 Å². The fourth-order valence-electron chi connectivity index (χ4n) is 1.71. The third kappa shape index (κ3) is 2.50. The van der Waals surface area contributed by atoms with Crippen LogP contribution in [-0.2, 0) is 6.42 Å².